The fourth-order valence-corrected chi connectivity index (χ4v) is 2.62. The van der Waals surface area contributed by atoms with Gasteiger partial charge in [-0.3, -0.25) is 0 Å². The summed E-state index contributed by atoms with van der Waals surface area (Å²) in [5, 5.41) is 10.4. The summed E-state index contributed by atoms with van der Waals surface area (Å²) >= 11 is 0. The van der Waals surface area contributed by atoms with E-state index in [-0.39, 0.29) is 11.5 Å². The highest BCUT2D eigenvalue weighted by atomic mass is 19.2. The fourth-order valence-electron chi connectivity index (χ4n) is 2.62. The van der Waals surface area contributed by atoms with E-state index in [1.54, 1.807) is 0 Å². The van der Waals surface area contributed by atoms with Crippen LogP contribution in [0.4, 0.5) is 30.6 Å². The first kappa shape index (κ1) is 15.5. The highest BCUT2D eigenvalue weighted by Crippen LogP contribution is 2.24. The molecule has 2 heterocycles. The molecule has 23 heavy (non-hydrogen) atoms. The van der Waals surface area contributed by atoms with E-state index in [9.17, 15) is 13.2 Å². The third-order valence-corrected chi connectivity index (χ3v) is 3.79. The lowest BCUT2D eigenvalue weighted by atomic mass is 10.0. The molecule has 2 aromatic rings. The lowest BCUT2D eigenvalue weighted by Gasteiger charge is -2.30. The van der Waals surface area contributed by atoms with Crippen LogP contribution >= 0.6 is 0 Å². The quantitative estimate of drug-likeness (QED) is 0.879. The van der Waals surface area contributed by atoms with Crippen LogP contribution in [0.15, 0.2) is 18.3 Å². The molecule has 1 aromatic heterocycles. The third-order valence-electron chi connectivity index (χ3n) is 3.79. The molecule has 0 saturated carbocycles. The minimum Gasteiger partial charge on any atom is -0.339 e. The summed E-state index contributed by atoms with van der Waals surface area (Å²) in [7, 11) is 0. The molecular weight excluding hydrogens is 307 g/mol. The Bertz CT molecular complexity index is 710. The third kappa shape index (κ3) is 3.35. The molecule has 5 nitrogen and oxygen atoms in total. The van der Waals surface area contributed by atoms with Crippen LogP contribution in [-0.2, 0) is 0 Å². The van der Waals surface area contributed by atoms with Gasteiger partial charge in [-0.25, -0.2) is 13.2 Å². The van der Waals surface area contributed by atoms with E-state index in [0.29, 0.717) is 11.9 Å². The number of hydrogen-bond acceptors (Lipinski definition) is 5. The van der Waals surface area contributed by atoms with Crippen molar-refractivity contribution in [2.45, 2.75) is 19.8 Å². The highest BCUT2D eigenvalue weighted by molar-refractivity contribution is 5.57. The molecule has 0 bridgehead atoms. The Morgan fingerprint density at radius 1 is 1.22 bits per heavy atom. The van der Waals surface area contributed by atoms with E-state index in [4.69, 9.17) is 0 Å². The summed E-state index contributed by atoms with van der Waals surface area (Å²) in [5.74, 6) is -2.87. The smallest absolute Gasteiger partial charge is 0.247 e. The summed E-state index contributed by atoms with van der Waals surface area (Å²) in [4.78, 5) is 6.29. The second-order valence-corrected chi connectivity index (χ2v) is 5.68. The van der Waals surface area contributed by atoms with Crippen LogP contribution in [0, 0.1) is 23.4 Å². The van der Waals surface area contributed by atoms with Crippen LogP contribution in [0.2, 0.25) is 0 Å². The van der Waals surface area contributed by atoms with Gasteiger partial charge in [-0.1, -0.05) is 6.92 Å². The minimum absolute atomic E-state index is 0.206. The van der Waals surface area contributed by atoms with Crippen LogP contribution in [0.3, 0.4) is 0 Å². The molecule has 1 aliphatic heterocycles. The van der Waals surface area contributed by atoms with Gasteiger partial charge in [0.25, 0.3) is 0 Å². The van der Waals surface area contributed by atoms with Gasteiger partial charge >= 0.3 is 0 Å². The van der Waals surface area contributed by atoms with E-state index in [1.807, 2.05) is 4.90 Å². The van der Waals surface area contributed by atoms with Crippen molar-refractivity contribution in [2.24, 2.45) is 5.92 Å². The minimum atomic E-state index is -1.53. The van der Waals surface area contributed by atoms with Gasteiger partial charge in [0.2, 0.25) is 5.95 Å². The molecule has 0 amide bonds. The largest absolute Gasteiger partial charge is 0.339 e. The first-order valence-corrected chi connectivity index (χ1v) is 7.40. The van der Waals surface area contributed by atoms with Gasteiger partial charge in [-0.05, 0) is 30.9 Å². The lowest BCUT2D eigenvalue weighted by molar-refractivity contribution is 0.441. The molecule has 1 saturated heterocycles. The van der Waals surface area contributed by atoms with Crippen molar-refractivity contribution in [3.63, 3.8) is 0 Å². The second-order valence-electron chi connectivity index (χ2n) is 5.68. The van der Waals surface area contributed by atoms with Gasteiger partial charge in [0.05, 0.1) is 11.9 Å². The Balaban J connectivity index is 1.82. The Kier molecular flexibility index (Phi) is 4.31. The van der Waals surface area contributed by atoms with Crippen molar-refractivity contribution in [3.8, 4) is 0 Å². The molecule has 8 heteroatoms. The first-order chi connectivity index (χ1) is 11.0. The van der Waals surface area contributed by atoms with Crippen LogP contribution < -0.4 is 10.2 Å². The molecular formula is C15H16F3N5. The Hall–Kier alpha value is -2.38. The number of benzene rings is 1. The topological polar surface area (TPSA) is 53.9 Å². The molecule has 1 N–H and O–H groups in total. The van der Waals surface area contributed by atoms with Crippen LogP contribution in [0.5, 0.6) is 0 Å². The SMILES string of the molecule is CC1CCCN(c2nncc(Nc3ccc(F)c(F)c3F)n2)C1. The average Bonchev–Trinajstić information content (AvgIpc) is 2.56. The summed E-state index contributed by atoms with van der Waals surface area (Å²) in [5.41, 5.74) is -0.206. The van der Waals surface area contributed by atoms with Crippen molar-refractivity contribution in [1.82, 2.24) is 15.2 Å². The van der Waals surface area contributed by atoms with E-state index in [0.717, 1.165) is 38.1 Å². The van der Waals surface area contributed by atoms with Gasteiger partial charge in [-0.2, -0.15) is 10.1 Å². The molecule has 122 valence electrons. The van der Waals surface area contributed by atoms with Crippen molar-refractivity contribution < 1.29 is 13.2 Å². The van der Waals surface area contributed by atoms with Gasteiger partial charge in [-0.15, -0.1) is 5.10 Å². The van der Waals surface area contributed by atoms with Crippen LogP contribution in [0.25, 0.3) is 0 Å². The van der Waals surface area contributed by atoms with Gasteiger partial charge in [0.1, 0.15) is 0 Å². The van der Waals surface area contributed by atoms with Crippen LogP contribution in [0.1, 0.15) is 19.8 Å². The molecule has 1 atom stereocenters. The number of rotatable bonds is 3. The Labute approximate surface area is 131 Å². The summed E-state index contributed by atoms with van der Waals surface area (Å²) in [6.07, 6.45) is 3.50. The molecule has 1 aliphatic rings. The zero-order valence-electron chi connectivity index (χ0n) is 12.6. The average molecular weight is 323 g/mol. The highest BCUT2D eigenvalue weighted by Gasteiger charge is 2.20. The lowest BCUT2D eigenvalue weighted by Crippen LogP contribution is -2.35. The molecule has 0 spiro atoms. The molecule has 3 rings (SSSR count). The number of nitrogens with zero attached hydrogens (tertiary/aromatic N) is 4. The van der Waals surface area contributed by atoms with Gasteiger partial charge in [0.15, 0.2) is 23.3 Å². The van der Waals surface area contributed by atoms with Crippen molar-refractivity contribution in [2.75, 3.05) is 23.3 Å². The molecule has 1 unspecified atom stereocenters. The van der Waals surface area contributed by atoms with E-state index < -0.39 is 17.5 Å². The maximum Gasteiger partial charge on any atom is 0.247 e. The number of hydrogen-bond donors (Lipinski definition) is 1. The molecule has 0 aliphatic carbocycles. The van der Waals surface area contributed by atoms with Gasteiger partial charge in [0, 0.05) is 13.1 Å². The van der Waals surface area contributed by atoms with E-state index >= 15 is 0 Å². The molecule has 0 radical (unpaired) electrons. The summed E-state index contributed by atoms with van der Waals surface area (Å²) in [6, 6.07) is 1.96. The fraction of sp³-hybridized carbons (Fsp3) is 0.400. The second kappa shape index (κ2) is 6.39. The standard InChI is InChI=1S/C15H16F3N5/c1-9-3-2-6-23(8-9)15-21-12(7-19-22-15)20-11-5-4-10(16)13(17)14(11)18/h4-5,7,9H,2-3,6,8H2,1H3,(H,20,21,22). The number of nitrogens with one attached hydrogen (secondary N) is 1. The van der Waals surface area contributed by atoms with E-state index in [1.165, 1.54) is 6.20 Å². The Morgan fingerprint density at radius 2 is 2.04 bits per heavy atom. The van der Waals surface area contributed by atoms with Crippen molar-refractivity contribution in [3.05, 3.63) is 35.8 Å². The summed E-state index contributed by atoms with van der Waals surface area (Å²) in [6.45, 7) is 3.80. The number of aromatic nitrogens is 3. The monoisotopic (exact) mass is 323 g/mol. The zero-order valence-corrected chi connectivity index (χ0v) is 12.6. The number of anilines is 3. The predicted octanol–water partition coefficient (Wildman–Crippen LogP) is 3.27. The van der Waals surface area contributed by atoms with Crippen molar-refractivity contribution >= 4 is 17.5 Å². The molecule has 1 fully saturated rings. The zero-order chi connectivity index (χ0) is 16.4. The maximum absolute atomic E-state index is 13.7. The first-order valence-electron chi connectivity index (χ1n) is 7.40. The Morgan fingerprint density at radius 3 is 2.83 bits per heavy atom. The van der Waals surface area contributed by atoms with E-state index in [2.05, 4.69) is 27.4 Å². The number of piperidine rings is 1. The van der Waals surface area contributed by atoms with Gasteiger partial charge < -0.3 is 10.2 Å². The normalized spacial score (nSPS) is 18.1. The predicted molar refractivity (Wildman–Crippen MR) is 80.0 cm³/mol. The number of halogens is 3. The van der Waals surface area contributed by atoms with Crippen LogP contribution in [-0.4, -0.2) is 28.3 Å². The summed E-state index contributed by atoms with van der Waals surface area (Å²) < 4.78 is 39.9. The van der Waals surface area contributed by atoms with Crippen molar-refractivity contribution in [1.29, 1.82) is 0 Å². The maximum atomic E-state index is 13.7. The molecule has 1 aromatic carbocycles.